The third-order valence-corrected chi connectivity index (χ3v) is 8.30. The molecule has 0 saturated heterocycles. The Morgan fingerprint density at radius 3 is 2.24 bits per heavy atom. The van der Waals surface area contributed by atoms with Crippen LogP contribution >= 0.6 is 0 Å². The normalized spacial score (nSPS) is 16.6. The van der Waals surface area contributed by atoms with Crippen LogP contribution in [0.2, 0.25) is 0 Å². The van der Waals surface area contributed by atoms with Crippen LogP contribution in [-0.4, -0.2) is 23.1 Å². The summed E-state index contributed by atoms with van der Waals surface area (Å²) in [6, 6.07) is 10.6. The van der Waals surface area contributed by atoms with E-state index in [0.717, 1.165) is 65.5 Å². The third kappa shape index (κ3) is 7.15. The quantitative estimate of drug-likeness (QED) is 0.257. The number of hydrogen-bond donors (Lipinski definition) is 0. The maximum absolute atomic E-state index is 13.7. The molecule has 0 aromatic heterocycles. The molecule has 2 aromatic carbocycles. The fourth-order valence-corrected chi connectivity index (χ4v) is 6.42. The SMILES string of the molecule is CCCC(CC1CC(=O)c2c(C)c(CCC(C)=O)cc(-c3ccc(C)cc3)c2C1)C(CC)C(=O)CC(C)=O. The van der Waals surface area contributed by atoms with Crippen LogP contribution in [0.4, 0.5) is 0 Å². The molecule has 0 radical (unpaired) electrons. The molecule has 38 heavy (non-hydrogen) atoms. The minimum atomic E-state index is -0.136. The highest BCUT2D eigenvalue weighted by molar-refractivity contribution is 6.02. The second-order valence-electron chi connectivity index (χ2n) is 11.5. The summed E-state index contributed by atoms with van der Waals surface area (Å²) in [6.07, 6.45) is 5.83. The molecule has 3 unspecified atom stereocenters. The Morgan fingerprint density at radius 2 is 1.66 bits per heavy atom. The Morgan fingerprint density at radius 1 is 0.974 bits per heavy atom. The van der Waals surface area contributed by atoms with Gasteiger partial charge in [0.15, 0.2) is 5.78 Å². The highest BCUT2D eigenvalue weighted by atomic mass is 16.1. The topological polar surface area (TPSA) is 68.3 Å². The Balaban J connectivity index is 2.01. The van der Waals surface area contributed by atoms with E-state index in [1.165, 1.54) is 12.5 Å². The molecule has 0 heterocycles. The lowest BCUT2D eigenvalue weighted by molar-refractivity contribution is -0.130. The first kappa shape index (κ1) is 29.7. The van der Waals surface area contributed by atoms with Gasteiger partial charge in [0.05, 0.1) is 6.42 Å². The van der Waals surface area contributed by atoms with Crippen LogP contribution in [0.3, 0.4) is 0 Å². The average Bonchev–Trinajstić information content (AvgIpc) is 2.84. The van der Waals surface area contributed by atoms with Crippen molar-refractivity contribution in [3.8, 4) is 11.1 Å². The molecule has 0 amide bonds. The fourth-order valence-electron chi connectivity index (χ4n) is 6.42. The largest absolute Gasteiger partial charge is 0.300 e. The molecule has 0 N–H and O–H groups in total. The lowest BCUT2D eigenvalue weighted by atomic mass is 9.70. The average molecular weight is 517 g/mol. The molecule has 4 heteroatoms. The van der Waals surface area contributed by atoms with Gasteiger partial charge >= 0.3 is 0 Å². The number of Topliss-reactive ketones (excluding diaryl/α,β-unsaturated/α-hetero) is 4. The maximum atomic E-state index is 13.7. The van der Waals surface area contributed by atoms with Crippen molar-refractivity contribution in [2.75, 3.05) is 0 Å². The first-order valence-corrected chi connectivity index (χ1v) is 14.3. The fraction of sp³-hybridized carbons (Fsp3) is 0.529. The van der Waals surface area contributed by atoms with Crippen molar-refractivity contribution in [3.63, 3.8) is 0 Å². The minimum absolute atomic E-state index is 0.00492. The molecule has 0 spiro atoms. The van der Waals surface area contributed by atoms with Crippen molar-refractivity contribution in [2.45, 2.75) is 99.3 Å². The van der Waals surface area contributed by atoms with Crippen LogP contribution in [0.5, 0.6) is 0 Å². The van der Waals surface area contributed by atoms with Crippen LogP contribution in [0, 0.1) is 31.6 Å². The molecular weight excluding hydrogens is 472 g/mol. The van der Waals surface area contributed by atoms with Crippen molar-refractivity contribution >= 4 is 23.1 Å². The van der Waals surface area contributed by atoms with Gasteiger partial charge in [-0.05, 0) is 93.0 Å². The summed E-state index contributed by atoms with van der Waals surface area (Å²) in [5.74, 6) is 0.494. The standard InChI is InChI=1S/C34H44O4/c1-7-9-28(29(8-2)32(37)16-23(5)36)17-25-18-31-30(26-13-10-21(3)11-14-26)20-27(15-12-22(4)35)24(6)34(31)33(38)19-25/h10-11,13-14,20,25,28-29H,7-9,12,15-19H2,1-6H3. The zero-order valence-electron chi connectivity index (χ0n) is 24.1. The van der Waals surface area contributed by atoms with Gasteiger partial charge in [-0.25, -0.2) is 0 Å². The molecule has 1 aliphatic rings. The molecule has 204 valence electrons. The Kier molecular flexibility index (Phi) is 10.4. The summed E-state index contributed by atoms with van der Waals surface area (Å²) in [7, 11) is 0. The Hall–Kier alpha value is -2.88. The number of benzene rings is 2. The zero-order valence-corrected chi connectivity index (χ0v) is 24.1. The number of hydrogen-bond acceptors (Lipinski definition) is 4. The number of aryl methyl sites for hydroxylation is 2. The van der Waals surface area contributed by atoms with Gasteiger partial charge in [-0.3, -0.25) is 14.4 Å². The van der Waals surface area contributed by atoms with Gasteiger partial charge < -0.3 is 4.79 Å². The molecular formula is C34H44O4. The van der Waals surface area contributed by atoms with Gasteiger partial charge in [-0.1, -0.05) is 62.6 Å². The lowest BCUT2D eigenvalue weighted by Gasteiger charge is -2.33. The summed E-state index contributed by atoms with van der Waals surface area (Å²) >= 11 is 0. The van der Waals surface area contributed by atoms with Gasteiger partial charge in [0.2, 0.25) is 0 Å². The van der Waals surface area contributed by atoms with E-state index in [0.29, 0.717) is 19.3 Å². The van der Waals surface area contributed by atoms with Gasteiger partial charge in [0.25, 0.3) is 0 Å². The third-order valence-electron chi connectivity index (χ3n) is 8.30. The second-order valence-corrected chi connectivity index (χ2v) is 11.5. The Labute approximate surface area is 228 Å². The number of fused-ring (bicyclic) bond motifs is 1. The molecule has 0 aliphatic heterocycles. The van der Waals surface area contributed by atoms with Crippen molar-refractivity contribution in [1.82, 2.24) is 0 Å². The van der Waals surface area contributed by atoms with Crippen molar-refractivity contribution in [3.05, 3.63) is 58.1 Å². The molecule has 4 nitrogen and oxygen atoms in total. The van der Waals surface area contributed by atoms with E-state index >= 15 is 0 Å². The van der Waals surface area contributed by atoms with Crippen LogP contribution in [0.15, 0.2) is 30.3 Å². The molecule has 1 aliphatic carbocycles. The number of ketones is 4. The minimum Gasteiger partial charge on any atom is -0.300 e. The monoisotopic (exact) mass is 516 g/mol. The first-order chi connectivity index (χ1) is 18.0. The van der Waals surface area contributed by atoms with E-state index < -0.39 is 0 Å². The number of carbonyl (C=O) groups excluding carboxylic acids is 4. The van der Waals surface area contributed by atoms with E-state index in [4.69, 9.17) is 0 Å². The molecule has 0 saturated carbocycles. The van der Waals surface area contributed by atoms with Gasteiger partial charge in [-0.2, -0.15) is 0 Å². The summed E-state index contributed by atoms with van der Waals surface area (Å²) in [5.41, 5.74) is 7.40. The van der Waals surface area contributed by atoms with E-state index in [2.05, 4.69) is 44.2 Å². The van der Waals surface area contributed by atoms with Gasteiger partial charge in [0.1, 0.15) is 17.3 Å². The second kappa shape index (κ2) is 13.3. The summed E-state index contributed by atoms with van der Waals surface area (Å²) in [6.45, 7) is 11.4. The lowest BCUT2D eigenvalue weighted by Crippen LogP contribution is -2.30. The van der Waals surface area contributed by atoms with Gasteiger partial charge in [0, 0.05) is 24.3 Å². The van der Waals surface area contributed by atoms with Crippen LogP contribution < -0.4 is 0 Å². The number of carbonyl (C=O) groups is 4. The summed E-state index contributed by atoms with van der Waals surface area (Å²) < 4.78 is 0. The highest BCUT2D eigenvalue weighted by Crippen LogP contribution is 2.41. The van der Waals surface area contributed by atoms with Crippen molar-refractivity contribution < 1.29 is 19.2 Å². The smallest absolute Gasteiger partial charge is 0.163 e. The van der Waals surface area contributed by atoms with Crippen LogP contribution in [0.25, 0.3) is 11.1 Å². The van der Waals surface area contributed by atoms with Gasteiger partial charge in [-0.15, -0.1) is 0 Å². The molecule has 2 aromatic rings. The summed E-state index contributed by atoms with van der Waals surface area (Å²) in [5, 5.41) is 0. The van der Waals surface area contributed by atoms with Crippen molar-refractivity contribution in [1.29, 1.82) is 0 Å². The number of rotatable bonds is 13. The van der Waals surface area contributed by atoms with Crippen molar-refractivity contribution in [2.24, 2.45) is 17.8 Å². The molecule has 0 bridgehead atoms. The van der Waals surface area contributed by atoms with E-state index in [9.17, 15) is 19.2 Å². The first-order valence-electron chi connectivity index (χ1n) is 14.3. The van der Waals surface area contributed by atoms with Crippen LogP contribution in [-0.2, 0) is 27.2 Å². The van der Waals surface area contributed by atoms with E-state index in [-0.39, 0.29) is 47.3 Å². The molecule has 3 rings (SSSR count). The predicted octanol–water partition coefficient (Wildman–Crippen LogP) is 7.62. The molecule has 0 fully saturated rings. The van der Waals surface area contributed by atoms with Crippen LogP contribution in [0.1, 0.15) is 105 Å². The predicted molar refractivity (Wildman–Crippen MR) is 154 cm³/mol. The Bertz CT molecular complexity index is 1190. The molecule has 3 atom stereocenters. The zero-order chi connectivity index (χ0) is 28.0. The van der Waals surface area contributed by atoms with E-state index in [1.54, 1.807) is 6.92 Å². The summed E-state index contributed by atoms with van der Waals surface area (Å²) in [4.78, 5) is 50.1. The highest BCUT2D eigenvalue weighted by Gasteiger charge is 2.34. The van der Waals surface area contributed by atoms with E-state index in [1.807, 2.05) is 13.8 Å². The maximum Gasteiger partial charge on any atom is 0.163 e.